The SMILES string of the molecule is CCCNCCOCC(=O)N1CCC(C(=O)OCC)CC1. The first kappa shape index (κ1) is 17.9. The van der Waals surface area contributed by atoms with Crippen molar-refractivity contribution in [2.75, 3.05) is 46.0 Å². The Kier molecular flexibility index (Phi) is 9.01. The summed E-state index contributed by atoms with van der Waals surface area (Å²) in [5, 5.41) is 3.22. The summed E-state index contributed by atoms with van der Waals surface area (Å²) in [6.45, 7) is 7.96. The van der Waals surface area contributed by atoms with E-state index in [4.69, 9.17) is 9.47 Å². The van der Waals surface area contributed by atoms with Crippen LogP contribution in [0.1, 0.15) is 33.1 Å². The second-order valence-corrected chi connectivity index (χ2v) is 5.21. The average molecular weight is 300 g/mol. The Bertz CT molecular complexity index is 315. The van der Waals surface area contributed by atoms with Gasteiger partial charge in [0.1, 0.15) is 6.61 Å². The number of nitrogens with one attached hydrogen (secondary N) is 1. The fourth-order valence-electron chi connectivity index (χ4n) is 2.32. The quantitative estimate of drug-likeness (QED) is 0.504. The van der Waals surface area contributed by atoms with Gasteiger partial charge >= 0.3 is 5.97 Å². The monoisotopic (exact) mass is 300 g/mol. The van der Waals surface area contributed by atoms with E-state index in [1.807, 2.05) is 6.92 Å². The zero-order valence-electron chi connectivity index (χ0n) is 13.2. The Morgan fingerprint density at radius 3 is 2.52 bits per heavy atom. The van der Waals surface area contributed by atoms with Gasteiger partial charge in [0.2, 0.25) is 5.91 Å². The van der Waals surface area contributed by atoms with Crippen LogP contribution in [0.25, 0.3) is 0 Å². The van der Waals surface area contributed by atoms with Crippen molar-refractivity contribution in [3.8, 4) is 0 Å². The molecule has 0 bridgehead atoms. The minimum atomic E-state index is -0.136. The molecule has 0 aliphatic carbocycles. The number of hydrogen-bond acceptors (Lipinski definition) is 5. The second-order valence-electron chi connectivity index (χ2n) is 5.21. The summed E-state index contributed by atoms with van der Waals surface area (Å²) in [7, 11) is 0. The minimum Gasteiger partial charge on any atom is -0.466 e. The topological polar surface area (TPSA) is 67.9 Å². The van der Waals surface area contributed by atoms with Crippen LogP contribution in [0.2, 0.25) is 0 Å². The number of carbonyl (C=O) groups excluding carboxylic acids is 2. The van der Waals surface area contributed by atoms with Crippen LogP contribution in [0, 0.1) is 5.92 Å². The van der Waals surface area contributed by atoms with Crippen molar-refractivity contribution in [1.82, 2.24) is 10.2 Å². The highest BCUT2D eigenvalue weighted by Crippen LogP contribution is 2.18. The molecule has 122 valence electrons. The molecule has 0 atom stereocenters. The summed E-state index contributed by atoms with van der Waals surface area (Å²) in [5.74, 6) is -0.191. The van der Waals surface area contributed by atoms with E-state index in [1.165, 1.54) is 0 Å². The third kappa shape index (κ3) is 6.91. The first-order valence-corrected chi connectivity index (χ1v) is 7.91. The molecule has 0 aromatic heterocycles. The molecule has 1 heterocycles. The number of esters is 1. The van der Waals surface area contributed by atoms with Crippen LogP contribution in [0.15, 0.2) is 0 Å². The molecule has 21 heavy (non-hydrogen) atoms. The number of nitrogens with zero attached hydrogens (tertiary/aromatic N) is 1. The molecule has 0 saturated carbocycles. The van der Waals surface area contributed by atoms with Crippen molar-refractivity contribution >= 4 is 11.9 Å². The molecule has 0 aromatic carbocycles. The highest BCUT2D eigenvalue weighted by Gasteiger charge is 2.27. The molecule has 1 aliphatic rings. The van der Waals surface area contributed by atoms with Crippen molar-refractivity contribution in [3.05, 3.63) is 0 Å². The van der Waals surface area contributed by atoms with Crippen LogP contribution < -0.4 is 5.32 Å². The normalized spacial score (nSPS) is 16.0. The highest BCUT2D eigenvalue weighted by atomic mass is 16.5. The Hall–Kier alpha value is -1.14. The summed E-state index contributed by atoms with van der Waals surface area (Å²) in [5.41, 5.74) is 0. The van der Waals surface area contributed by atoms with E-state index in [0.29, 0.717) is 39.1 Å². The van der Waals surface area contributed by atoms with Gasteiger partial charge in [0.25, 0.3) is 0 Å². The van der Waals surface area contributed by atoms with E-state index in [2.05, 4.69) is 12.2 Å². The molecule has 1 fully saturated rings. The second kappa shape index (κ2) is 10.6. The molecule has 1 saturated heterocycles. The Morgan fingerprint density at radius 2 is 1.90 bits per heavy atom. The van der Waals surface area contributed by atoms with Crippen LogP contribution in [-0.4, -0.2) is 62.8 Å². The highest BCUT2D eigenvalue weighted by molar-refractivity contribution is 5.78. The van der Waals surface area contributed by atoms with Crippen LogP contribution in [-0.2, 0) is 19.1 Å². The number of ether oxygens (including phenoxy) is 2. The molecular weight excluding hydrogens is 272 g/mol. The van der Waals surface area contributed by atoms with E-state index in [1.54, 1.807) is 4.90 Å². The molecule has 1 amide bonds. The lowest BCUT2D eigenvalue weighted by atomic mass is 9.97. The van der Waals surface area contributed by atoms with Gasteiger partial charge in [0, 0.05) is 19.6 Å². The van der Waals surface area contributed by atoms with Crippen LogP contribution in [0.4, 0.5) is 0 Å². The zero-order chi connectivity index (χ0) is 15.5. The Labute approximate surface area is 127 Å². The lowest BCUT2D eigenvalue weighted by molar-refractivity contribution is -0.151. The van der Waals surface area contributed by atoms with Gasteiger partial charge in [-0.05, 0) is 32.7 Å². The van der Waals surface area contributed by atoms with Crippen LogP contribution in [0.3, 0.4) is 0 Å². The predicted octanol–water partition coefficient (Wildman–Crippen LogP) is 0.804. The summed E-state index contributed by atoms with van der Waals surface area (Å²) in [6, 6.07) is 0. The molecule has 1 aliphatic heterocycles. The van der Waals surface area contributed by atoms with Crippen molar-refractivity contribution in [2.45, 2.75) is 33.1 Å². The van der Waals surface area contributed by atoms with Crippen molar-refractivity contribution in [1.29, 1.82) is 0 Å². The lowest BCUT2D eigenvalue weighted by Crippen LogP contribution is -2.42. The third-order valence-corrected chi connectivity index (χ3v) is 3.54. The molecule has 0 aromatic rings. The average Bonchev–Trinajstić information content (AvgIpc) is 2.51. The van der Waals surface area contributed by atoms with E-state index in [9.17, 15) is 9.59 Å². The summed E-state index contributed by atoms with van der Waals surface area (Å²) in [4.78, 5) is 25.3. The van der Waals surface area contributed by atoms with Gasteiger partial charge in [-0.3, -0.25) is 9.59 Å². The zero-order valence-corrected chi connectivity index (χ0v) is 13.2. The maximum atomic E-state index is 12.0. The number of piperidine rings is 1. The van der Waals surface area contributed by atoms with Crippen LogP contribution >= 0.6 is 0 Å². The molecule has 6 nitrogen and oxygen atoms in total. The summed E-state index contributed by atoms with van der Waals surface area (Å²) < 4.78 is 10.4. The van der Waals surface area contributed by atoms with Crippen molar-refractivity contribution in [3.63, 3.8) is 0 Å². The number of amides is 1. The number of carbonyl (C=O) groups is 2. The van der Waals surface area contributed by atoms with Crippen molar-refractivity contribution < 1.29 is 19.1 Å². The lowest BCUT2D eigenvalue weighted by Gasteiger charge is -2.30. The van der Waals surface area contributed by atoms with Gasteiger partial charge in [-0.25, -0.2) is 0 Å². The molecule has 0 radical (unpaired) electrons. The smallest absolute Gasteiger partial charge is 0.309 e. The van der Waals surface area contributed by atoms with Gasteiger partial charge in [-0.15, -0.1) is 0 Å². The van der Waals surface area contributed by atoms with E-state index < -0.39 is 0 Å². The van der Waals surface area contributed by atoms with Gasteiger partial charge in [0.15, 0.2) is 0 Å². The molecule has 0 unspecified atom stereocenters. The molecule has 6 heteroatoms. The fourth-order valence-corrected chi connectivity index (χ4v) is 2.32. The third-order valence-electron chi connectivity index (χ3n) is 3.54. The van der Waals surface area contributed by atoms with Gasteiger partial charge in [-0.1, -0.05) is 6.92 Å². The summed E-state index contributed by atoms with van der Waals surface area (Å²) in [6.07, 6.45) is 2.46. The van der Waals surface area contributed by atoms with E-state index in [0.717, 1.165) is 19.5 Å². The van der Waals surface area contributed by atoms with Gasteiger partial charge < -0.3 is 19.7 Å². The van der Waals surface area contributed by atoms with Crippen molar-refractivity contribution in [2.24, 2.45) is 5.92 Å². The number of likely N-dealkylation sites (tertiary alicyclic amines) is 1. The standard InChI is InChI=1S/C15H28N2O4/c1-3-7-16-8-11-20-12-14(18)17-9-5-13(6-10-17)15(19)21-4-2/h13,16H,3-12H2,1-2H3. The predicted molar refractivity (Wildman–Crippen MR) is 79.9 cm³/mol. The number of hydrogen-bond donors (Lipinski definition) is 1. The van der Waals surface area contributed by atoms with E-state index >= 15 is 0 Å². The minimum absolute atomic E-state index is 0.00722. The van der Waals surface area contributed by atoms with E-state index in [-0.39, 0.29) is 24.4 Å². The maximum Gasteiger partial charge on any atom is 0.309 e. The largest absolute Gasteiger partial charge is 0.466 e. The Balaban J connectivity index is 2.13. The van der Waals surface area contributed by atoms with Gasteiger partial charge in [0.05, 0.1) is 19.1 Å². The molecular formula is C15H28N2O4. The Morgan fingerprint density at radius 1 is 1.19 bits per heavy atom. The molecule has 1 N–H and O–H groups in total. The van der Waals surface area contributed by atoms with Crippen LogP contribution in [0.5, 0.6) is 0 Å². The molecule has 1 rings (SSSR count). The fraction of sp³-hybridized carbons (Fsp3) is 0.867. The number of rotatable bonds is 9. The first-order valence-electron chi connectivity index (χ1n) is 7.91. The molecule has 0 spiro atoms. The first-order chi connectivity index (χ1) is 10.2. The summed E-state index contributed by atoms with van der Waals surface area (Å²) >= 11 is 0. The maximum absolute atomic E-state index is 12.0. The van der Waals surface area contributed by atoms with Gasteiger partial charge in [-0.2, -0.15) is 0 Å².